The van der Waals surface area contributed by atoms with E-state index in [1.807, 2.05) is 6.92 Å². The molecule has 5 heteroatoms. The van der Waals surface area contributed by atoms with E-state index in [1.54, 1.807) is 12.1 Å². The van der Waals surface area contributed by atoms with Gasteiger partial charge in [0.15, 0.2) is 6.61 Å². The van der Waals surface area contributed by atoms with Crippen LogP contribution in [0.1, 0.15) is 25.5 Å². The van der Waals surface area contributed by atoms with E-state index in [0.717, 1.165) is 12.8 Å². The lowest BCUT2D eigenvalue weighted by atomic mass is 10.3. The van der Waals surface area contributed by atoms with Crippen molar-refractivity contribution in [1.29, 1.82) is 0 Å². The molecule has 1 rings (SSSR count). The van der Waals surface area contributed by atoms with Crippen LogP contribution in [0.5, 0.6) is 0 Å². The number of ether oxygens (including phenoxy) is 1. The molecule has 0 saturated carbocycles. The van der Waals surface area contributed by atoms with Gasteiger partial charge in [0.1, 0.15) is 5.76 Å². The maximum atomic E-state index is 11.2. The number of furan rings is 1. The molecule has 0 saturated heterocycles. The zero-order valence-electron chi connectivity index (χ0n) is 10.3. The molecule has 1 aromatic rings. The summed E-state index contributed by atoms with van der Waals surface area (Å²) in [6.45, 7) is 2.38. The first-order valence-corrected chi connectivity index (χ1v) is 5.87. The van der Waals surface area contributed by atoms with Gasteiger partial charge in [-0.2, -0.15) is 0 Å². The van der Waals surface area contributed by atoms with Crippen molar-refractivity contribution in [3.8, 4) is 0 Å². The summed E-state index contributed by atoms with van der Waals surface area (Å²) in [5.74, 6) is -0.306. The highest BCUT2D eigenvalue weighted by Gasteiger charge is 2.04. The molecule has 0 aliphatic rings. The molecule has 0 atom stereocenters. The normalized spacial score (nSPS) is 10.5. The van der Waals surface area contributed by atoms with Crippen molar-refractivity contribution in [1.82, 2.24) is 5.32 Å². The van der Waals surface area contributed by atoms with Crippen LogP contribution in [0.2, 0.25) is 0 Å². The van der Waals surface area contributed by atoms with E-state index in [9.17, 15) is 9.59 Å². The molecule has 0 aromatic carbocycles. The molecule has 0 unspecified atom stereocenters. The molecule has 1 N–H and O–H groups in total. The molecule has 1 amide bonds. The van der Waals surface area contributed by atoms with Gasteiger partial charge in [0.05, 0.1) is 6.26 Å². The minimum atomic E-state index is -0.572. The predicted molar refractivity (Wildman–Crippen MR) is 66.6 cm³/mol. The van der Waals surface area contributed by atoms with Gasteiger partial charge in [-0.05, 0) is 24.6 Å². The van der Waals surface area contributed by atoms with Crippen LogP contribution in [0.15, 0.2) is 28.9 Å². The summed E-state index contributed by atoms with van der Waals surface area (Å²) in [4.78, 5) is 22.5. The van der Waals surface area contributed by atoms with Crippen LogP contribution in [-0.2, 0) is 14.3 Å². The number of esters is 1. The maximum Gasteiger partial charge on any atom is 0.331 e. The molecule has 0 aliphatic carbocycles. The Balaban J connectivity index is 2.18. The average molecular weight is 251 g/mol. The van der Waals surface area contributed by atoms with Crippen LogP contribution in [0.4, 0.5) is 0 Å². The average Bonchev–Trinajstić information content (AvgIpc) is 2.87. The minimum absolute atomic E-state index is 0.259. The molecule has 0 fully saturated rings. The number of nitrogens with one attached hydrogen (secondary N) is 1. The summed E-state index contributed by atoms with van der Waals surface area (Å²) >= 11 is 0. The number of rotatable bonds is 7. The second kappa shape index (κ2) is 8.11. The van der Waals surface area contributed by atoms with Crippen LogP contribution in [-0.4, -0.2) is 25.0 Å². The third-order valence-corrected chi connectivity index (χ3v) is 2.12. The summed E-state index contributed by atoms with van der Waals surface area (Å²) in [5, 5.41) is 2.65. The van der Waals surface area contributed by atoms with Gasteiger partial charge in [0.25, 0.3) is 5.91 Å². The van der Waals surface area contributed by atoms with Crippen LogP contribution in [0.25, 0.3) is 6.08 Å². The van der Waals surface area contributed by atoms with Gasteiger partial charge in [-0.3, -0.25) is 4.79 Å². The van der Waals surface area contributed by atoms with Crippen LogP contribution in [0, 0.1) is 0 Å². The number of hydrogen-bond donors (Lipinski definition) is 1. The molecule has 5 nitrogen and oxygen atoms in total. The van der Waals surface area contributed by atoms with Crippen molar-refractivity contribution in [3.63, 3.8) is 0 Å². The summed E-state index contributed by atoms with van der Waals surface area (Å²) in [6, 6.07) is 3.42. The van der Waals surface area contributed by atoms with E-state index in [4.69, 9.17) is 9.15 Å². The van der Waals surface area contributed by atoms with Gasteiger partial charge in [0, 0.05) is 12.6 Å². The van der Waals surface area contributed by atoms with E-state index in [1.165, 1.54) is 18.4 Å². The number of amides is 1. The molecule has 0 aliphatic heterocycles. The largest absolute Gasteiger partial charge is 0.465 e. The Kier molecular flexibility index (Phi) is 6.32. The quantitative estimate of drug-likeness (QED) is 0.455. The monoisotopic (exact) mass is 251 g/mol. The van der Waals surface area contributed by atoms with Crippen molar-refractivity contribution >= 4 is 18.0 Å². The zero-order valence-corrected chi connectivity index (χ0v) is 10.3. The summed E-state index contributed by atoms with van der Waals surface area (Å²) in [5.41, 5.74) is 0. The Morgan fingerprint density at radius 1 is 1.50 bits per heavy atom. The molecule has 0 bridgehead atoms. The van der Waals surface area contributed by atoms with E-state index in [-0.39, 0.29) is 12.5 Å². The van der Waals surface area contributed by atoms with Crippen molar-refractivity contribution in [2.24, 2.45) is 0 Å². The highest BCUT2D eigenvalue weighted by atomic mass is 16.5. The predicted octanol–water partition coefficient (Wildman–Crippen LogP) is 1.75. The van der Waals surface area contributed by atoms with Crippen molar-refractivity contribution in [2.45, 2.75) is 19.8 Å². The zero-order chi connectivity index (χ0) is 13.2. The number of carbonyl (C=O) groups is 2. The van der Waals surface area contributed by atoms with Crippen LogP contribution < -0.4 is 5.32 Å². The number of unbranched alkanes of at least 4 members (excludes halogenated alkanes) is 1. The van der Waals surface area contributed by atoms with Gasteiger partial charge >= 0.3 is 5.97 Å². The molecule has 0 spiro atoms. The highest BCUT2D eigenvalue weighted by Crippen LogP contribution is 2.02. The first kappa shape index (κ1) is 14.0. The topological polar surface area (TPSA) is 68.5 Å². The van der Waals surface area contributed by atoms with Crippen molar-refractivity contribution in [2.75, 3.05) is 13.2 Å². The lowest BCUT2D eigenvalue weighted by Gasteiger charge is -2.03. The van der Waals surface area contributed by atoms with Crippen molar-refractivity contribution < 1.29 is 18.7 Å². The van der Waals surface area contributed by atoms with E-state index in [2.05, 4.69) is 5.32 Å². The SMILES string of the molecule is CCCCNC(=O)COC(=O)/C=C/c1ccco1. The van der Waals surface area contributed by atoms with E-state index >= 15 is 0 Å². The second-order valence-corrected chi connectivity index (χ2v) is 3.66. The standard InChI is InChI=1S/C13H17NO4/c1-2-3-8-14-12(15)10-18-13(16)7-6-11-5-4-9-17-11/h4-7,9H,2-3,8,10H2,1H3,(H,14,15)/b7-6+. The van der Waals surface area contributed by atoms with Crippen LogP contribution >= 0.6 is 0 Å². The smallest absolute Gasteiger partial charge is 0.331 e. The Bertz CT molecular complexity index is 395. The summed E-state index contributed by atoms with van der Waals surface area (Å²) in [6.07, 6.45) is 6.13. The number of hydrogen-bond acceptors (Lipinski definition) is 4. The first-order chi connectivity index (χ1) is 8.72. The maximum absolute atomic E-state index is 11.2. The minimum Gasteiger partial charge on any atom is -0.465 e. The Morgan fingerprint density at radius 2 is 2.33 bits per heavy atom. The Hall–Kier alpha value is -2.04. The Morgan fingerprint density at radius 3 is 3.00 bits per heavy atom. The Labute approximate surface area is 106 Å². The first-order valence-electron chi connectivity index (χ1n) is 5.87. The second-order valence-electron chi connectivity index (χ2n) is 3.66. The van der Waals surface area contributed by atoms with Gasteiger partial charge in [0.2, 0.25) is 0 Å². The van der Waals surface area contributed by atoms with Gasteiger partial charge < -0.3 is 14.5 Å². The summed E-state index contributed by atoms with van der Waals surface area (Å²) < 4.78 is 9.75. The highest BCUT2D eigenvalue weighted by molar-refractivity contribution is 5.88. The third kappa shape index (κ3) is 5.89. The van der Waals surface area contributed by atoms with Gasteiger partial charge in [-0.25, -0.2) is 4.79 Å². The van der Waals surface area contributed by atoms with Crippen molar-refractivity contribution in [3.05, 3.63) is 30.2 Å². The van der Waals surface area contributed by atoms with Gasteiger partial charge in [-0.15, -0.1) is 0 Å². The lowest BCUT2D eigenvalue weighted by molar-refractivity contribution is -0.143. The van der Waals surface area contributed by atoms with E-state index < -0.39 is 5.97 Å². The third-order valence-electron chi connectivity index (χ3n) is 2.12. The van der Waals surface area contributed by atoms with E-state index in [0.29, 0.717) is 12.3 Å². The van der Waals surface area contributed by atoms with Gasteiger partial charge in [-0.1, -0.05) is 13.3 Å². The van der Waals surface area contributed by atoms with Crippen LogP contribution in [0.3, 0.4) is 0 Å². The molecule has 1 heterocycles. The lowest BCUT2D eigenvalue weighted by Crippen LogP contribution is -2.29. The molecular formula is C13H17NO4. The molecule has 0 radical (unpaired) electrons. The summed E-state index contributed by atoms with van der Waals surface area (Å²) in [7, 11) is 0. The fourth-order valence-electron chi connectivity index (χ4n) is 1.18. The number of carbonyl (C=O) groups excluding carboxylic acids is 2. The molecule has 1 aromatic heterocycles. The molecule has 98 valence electrons. The molecular weight excluding hydrogens is 234 g/mol. The fourth-order valence-corrected chi connectivity index (χ4v) is 1.18. The fraction of sp³-hybridized carbons (Fsp3) is 0.385. The molecule has 18 heavy (non-hydrogen) atoms.